The zero-order valence-corrected chi connectivity index (χ0v) is 26.1. The molecule has 1 unspecified atom stereocenters. The molecule has 236 valence electrons. The van der Waals surface area contributed by atoms with Crippen molar-refractivity contribution in [3.8, 4) is 0 Å². The number of aromatic nitrogens is 3. The van der Waals surface area contributed by atoms with E-state index in [1.165, 1.54) is 9.80 Å². The minimum atomic E-state index is -1.32. The van der Waals surface area contributed by atoms with Crippen molar-refractivity contribution in [3.05, 3.63) is 49.6 Å². The fraction of sp³-hybridized carbons (Fsp3) is 0.533. The van der Waals surface area contributed by atoms with Gasteiger partial charge in [0.15, 0.2) is 0 Å². The van der Waals surface area contributed by atoms with E-state index in [1.807, 2.05) is 24.3 Å². The van der Waals surface area contributed by atoms with Crippen LogP contribution in [0.15, 0.2) is 49.6 Å². The van der Waals surface area contributed by atoms with Crippen molar-refractivity contribution in [2.24, 2.45) is 11.8 Å². The second kappa shape index (κ2) is 13.2. The van der Waals surface area contributed by atoms with Gasteiger partial charge in [-0.3, -0.25) is 19.2 Å². The Morgan fingerprint density at radius 1 is 1.32 bits per heavy atom. The van der Waals surface area contributed by atoms with Gasteiger partial charge in [0.05, 0.1) is 36.6 Å². The second-order valence-corrected chi connectivity index (χ2v) is 12.5. The number of aliphatic hydroxyl groups excluding tert-OH is 1. The topological polar surface area (TPSA) is 156 Å². The Labute approximate surface area is 263 Å². The van der Waals surface area contributed by atoms with Gasteiger partial charge >= 0.3 is 5.97 Å². The van der Waals surface area contributed by atoms with Gasteiger partial charge in [-0.15, -0.1) is 18.3 Å². The lowest BCUT2D eigenvalue weighted by Gasteiger charge is -2.36. The van der Waals surface area contributed by atoms with Crippen LogP contribution in [-0.4, -0.2) is 109 Å². The molecule has 3 amide bonds. The van der Waals surface area contributed by atoms with Gasteiger partial charge in [0.2, 0.25) is 17.7 Å². The van der Waals surface area contributed by atoms with Crippen LogP contribution in [0.25, 0.3) is 11.0 Å². The molecule has 1 aromatic heterocycles. The molecule has 3 aliphatic rings. The Balaban J connectivity index is 1.40. The number of β-amino-alcohol motifs (C(OH)–C–C–N with tert-alkyl or cyclic N) is 1. The number of fused-ring (bicyclic) bond motifs is 2. The molecule has 4 heterocycles. The number of esters is 1. The van der Waals surface area contributed by atoms with Gasteiger partial charge < -0.3 is 29.7 Å². The van der Waals surface area contributed by atoms with Gasteiger partial charge in [0, 0.05) is 24.3 Å². The molecule has 0 aliphatic carbocycles. The van der Waals surface area contributed by atoms with Gasteiger partial charge in [-0.05, 0) is 31.9 Å². The second-order valence-electron chi connectivity index (χ2n) is 11.4. The molecular formula is C30H37BrN6O7. The first-order chi connectivity index (χ1) is 21.2. The molecular weight excluding hydrogens is 636 g/mol. The molecule has 2 aromatic rings. The number of nitrogens with zero attached hydrogens (tertiary/aromatic N) is 5. The maximum absolute atomic E-state index is 14.4. The summed E-state index contributed by atoms with van der Waals surface area (Å²) in [6.07, 6.45) is 2.97. The number of ether oxygens (including phenoxy) is 2. The number of aliphatic hydroxyl groups is 1. The van der Waals surface area contributed by atoms with E-state index in [-0.39, 0.29) is 50.1 Å². The quantitative estimate of drug-likeness (QED) is 0.171. The number of nitrogens with one attached hydrogen (secondary N) is 1. The van der Waals surface area contributed by atoms with Crippen molar-refractivity contribution in [2.45, 2.75) is 61.5 Å². The number of para-hydroxylation sites is 1. The van der Waals surface area contributed by atoms with Crippen LogP contribution in [0.5, 0.6) is 0 Å². The smallest absolute Gasteiger partial charge is 0.312 e. The number of likely N-dealkylation sites (tertiary alicyclic amines) is 1. The van der Waals surface area contributed by atoms with E-state index in [0.717, 1.165) is 5.52 Å². The third-order valence-corrected chi connectivity index (χ3v) is 9.35. The largest absolute Gasteiger partial charge is 0.460 e. The maximum Gasteiger partial charge on any atom is 0.312 e. The summed E-state index contributed by atoms with van der Waals surface area (Å²) in [5, 5.41) is 21.0. The number of carbonyl (C=O) groups excluding carboxylic acids is 4. The Morgan fingerprint density at radius 2 is 2.09 bits per heavy atom. The number of halogens is 1. The lowest BCUT2D eigenvalue weighted by molar-refractivity contribution is -0.159. The zero-order valence-electron chi connectivity index (χ0n) is 24.5. The first-order valence-electron chi connectivity index (χ1n) is 14.7. The molecule has 1 spiro atoms. The summed E-state index contributed by atoms with van der Waals surface area (Å²) in [5.74, 6) is -3.66. The van der Waals surface area contributed by atoms with Crippen LogP contribution in [0.4, 0.5) is 0 Å². The molecule has 13 nitrogen and oxygen atoms in total. The van der Waals surface area contributed by atoms with Crippen LogP contribution in [0.2, 0.25) is 0 Å². The number of hydrogen-bond donors (Lipinski definition) is 2. The van der Waals surface area contributed by atoms with Gasteiger partial charge in [0.1, 0.15) is 29.9 Å². The molecule has 3 saturated heterocycles. The number of carbonyl (C=O) groups is 4. The van der Waals surface area contributed by atoms with Crippen LogP contribution < -0.4 is 5.32 Å². The Kier molecular flexibility index (Phi) is 9.51. The van der Waals surface area contributed by atoms with E-state index in [2.05, 4.69) is 44.7 Å². The molecule has 5 rings (SSSR count). The highest BCUT2D eigenvalue weighted by molar-refractivity contribution is 9.09. The standard InChI is InChI=1S/C30H37BrN6O7/c1-4-6-11-22(39)32-16-18(3)43-29(42)23-24-27(40)36(13-14-38)26(30(24)15-19(31)25(23)44-30)28(41)35(12-5-2)17-37-21-10-8-7-9-20(21)33-34-37/h4-5,7-10,18-19,23-26,38H,1-2,6,11-17H2,3H3,(H,32,39)/t18-,19?,23-,24+,25-,26-,30+/m1/s1. The van der Waals surface area contributed by atoms with Crippen LogP contribution >= 0.6 is 15.9 Å². The Bertz CT molecular complexity index is 1450. The lowest BCUT2D eigenvalue weighted by Crippen LogP contribution is -2.57. The van der Waals surface area contributed by atoms with E-state index in [0.29, 0.717) is 18.4 Å². The highest BCUT2D eigenvalue weighted by Gasteiger charge is 2.77. The fourth-order valence-corrected chi connectivity index (χ4v) is 7.60. The minimum absolute atomic E-state index is 0.0342. The molecule has 3 aliphatic heterocycles. The normalized spacial score (nSPS) is 27.7. The number of benzene rings is 1. The van der Waals surface area contributed by atoms with Gasteiger partial charge in [-0.2, -0.15) is 0 Å². The van der Waals surface area contributed by atoms with Gasteiger partial charge in [0.25, 0.3) is 0 Å². The van der Waals surface area contributed by atoms with E-state index < -0.39 is 53.5 Å². The zero-order chi connectivity index (χ0) is 31.6. The molecule has 3 fully saturated rings. The summed E-state index contributed by atoms with van der Waals surface area (Å²) in [7, 11) is 0. The SMILES string of the molecule is C=CCCC(=O)NC[C@@H](C)OC(=O)[C@H]1[C@@H]2O[C@@]3(CC2Br)[C@@H]1C(=O)N(CCO)[C@@H]3C(=O)N(CC=C)Cn1nnc2ccccc21. The molecule has 2 N–H and O–H groups in total. The Hall–Kier alpha value is -3.62. The van der Waals surface area contributed by atoms with Crippen molar-refractivity contribution < 1.29 is 33.8 Å². The highest BCUT2D eigenvalue weighted by atomic mass is 79.9. The third-order valence-electron chi connectivity index (χ3n) is 8.50. The third kappa shape index (κ3) is 5.66. The predicted octanol–water partition coefficient (Wildman–Crippen LogP) is 1.16. The van der Waals surface area contributed by atoms with Crippen LogP contribution in [0, 0.1) is 11.8 Å². The predicted molar refractivity (Wildman–Crippen MR) is 162 cm³/mol. The molecule has 0 saturated carbocycles. The van der Waals surface area contributed by atoms with Crippen molar-refractivity contribution in [1.82, 2.24) is 30.1 Å². The summed E-state index contributed by atoms with van der Waals surface area (Å²) in [4.78, 5) is 56.5. The van der Waals surface area contributed by atoms with E-state index >= 15 is 0 Å². The van der Waals surface area contributed by atoms with E-state index in [1.54, 1.807) is 23.8 Å². The van der Waals surface area contributed by atoms with E-state index in [4.69, 9.17) is 9.47 Å². The van der Waals surface area contributed by atoms with Crippen LogP contribution in [0.3, 0.4) is 0 Å². The van der Waals surface area contributed by atoms with Crippen LogP contribution in [-0.2, 0) is 35.3 Å². The average molecular weight is 674 g/mol. The Morgan fingerprint density at radius 3 is 2.82 bits per heavy atom. The number of alkyl halides is 1. The summed E-state index contributed by atoms with van der Waals surface area (Å²) in [6, 6.07) is 6.25. The molecule has 44 heavy (non-hydrogen) atoms. The highest BCUT2D eigenvalue weighted by Crippen LogP contribution is 2.60. The number of hydrogen-bond acceptors (Lipinski definition) is 9. The first kappa shape index (κ1) is 31.8. The minimum Gasteiger partial charge on any atom is -0.460 e. The van der Waals surface area contributed by atoms with Gasteiger partial charge in [-0.1, -0.05) is 45.4 Å². The van der Waals surface area contributed by atoms with E-state index in [9.17, 15) is 24.3 Å². The molecule has 0 radical (unpaired) electrons. The first-order valence-corrected chi connectivity index (χ1v) is 15.6. The molecule has 2 bridgehead atoms. The summed E-state index contributed by atoms with van der Waals surface area (Å²) >= 11 is 3.63. The van der Waals surface area contributed by atoms with Crippen molar-refractivity contribution in [1.29, 1.82) is 0 Å². The average Bonchev–Trinajstić information content (AvgIpc) is 3.72. The summed E-state index contributed by atoms with van der Waals surface area (Å²) in [6.45, 7) is 8.86. The van der Waals surface area contributed by atoms with Crippen molar-refractivity contribution in [3.63, 3.8) is 0 Å². The van der Waals surface area contributed by atoms with Crippen molar-refractivity contribution in [2.75, 3.05) is 26.2 Å². The molecule has 14 heteroatoms. The van der Waals surface area contributed by atoms with Crippen LogP contribution in [0.1, 0.15) is 26.2 Å². The number of allylic oxidation sites excluding steroid dienone is 1. The monoisotopic (exact) mass is 672 g/mol. The fourth-order valence-electron chi connectivity index (χ4n) is 6.65. The number of rotatable bonds is 14. The molecule has 1 aromatic carbocycles. The number of amides is 3. The van der Waals surface area contributed by atoms with Crippen molar-refractivity contribution >= 4 is 50.7 Å². The summed E-state index contributed by atoms with van der Waals surface area (Å²) in [5.41, 5.74) is 0.0760. The summed E-state index contributed by atoms with van der Waals surface area (Å²) < 4.78 is 13.8. The molecule has 7 atom stereocenters. The maximum atomic E-state index is 14.4. The lowest BCUT2D eigenvalue weighted by atomic mass is 9.70. The van der Waals surface area contributed by atoms with Gasteiger partial charge in [-0.25, -0.2) is 4.68 Å².